The number of aromatic nitrogens is 1. The van der Waals surface area contributed by atoms with E-state index in [9.17, 15) is 5.11 Å². The summed E-state index contributed by atoms with van der Waals surface area (Å²) >= 11 is 0. The maximum Gasteiger partial charge on any atom is 0.116 e. The molecule has 0 fully saturated rings. The molecule has 0 saturated carbocycles. The average Bonchev–Trinajstić information content (AvgIpc) is 2.44. The Balaban J connectivity index is 2.54. The van der Waals surface area contributed by atoms with Gasteiger partial charge >= 0.3 is 0 Å². The van der Waals surface area contributed by atoms with Crippen LogP contribution in [-0.2, 0) is 6.42 Å². The molecule has 0 bridgehead atoms. The molecule has 1 heterocycles. The van der Waals surface area contributed by atoms with E-state index >= 15 is 0 Å². The molecule has 2 heteroatoms. The smallest absolute Gasteiger partial charge is 0.116 e. The van der Waals surface area contributed by atoms with Gasteiger partial charge in [-0.15, -0.1) is 0 Å². The zero-order valence-corrected chi connectivity index (χ0v) is 9.46. The van der Waals surface area contributed by atoms with E-state index in [1.165, 1.54) is 11.3 Å². The molecule has 1 aromatic carbocycles. The summed E-state index contributed by atoms with van der Waals surface area (Å²) in [6.07, 6.45) is 1.06. The van der Waals surface area contributed by atoms with E-state index in [-0.39, 0.29) is 0 Å². The first-order chi connectivity index (χ1) is 7.08. The lowest BCUT2D eigenvalue weighted by Crippen LogP contribution is -1.95. The van der Waals surface area contributed by atoms with Crippen molar-refractivity contribution in [2.24, 2.45) is 5.92 Å². The van der Waals surface area contributed by atoms with Crippen molar-refractivity contribution in [3.8, 4) is 5.75 Å². The van der Waals surface area contributed by atoms with E-state index in [1.54, 1.807) is 6.07 Å². The molecule has 0 amide bonds. The van der Waals surface area contributed by atoms with E-state index in [1.807, 2.05) is 12.1 Å². The van der Waals surface area contributed by atoms with Crippen molar-refractivity contribution in [1.82, 2.24) is 4.98 Å². The van der Waals surface area contributed by atoms with Gasteiger partial charge in [-0.3, -0.25) is 0 Å². The Bertz CT molecular complexity index is 482. The molecular weight excluding hydrogens is 186 g/mol. The molecule has 0 radical (unpaired) electrons. The minimum atomic E-state index is 0.334. The Kier molecular flexibility index (Phi) is 2.43. The first-order valence-electron chi connectivity index (χ1n) is 5.38. The third kappa shape index (κ3) is 1.84. The van der Waals surface area contributed by atoms with Crippen LogP contribution >= 0.6 is 0 Å². The number of hydrogen-bond acceptors (Lipinski definition) is 1. The second kappa shape index (κ2) is 3.61. The van der Waals surface area contributed by atoms with Crippen LogP contribution in [0.25, 0.3) is 10.9 Å². The predicted molar refractivity (Wildman–Crippen MR) is 63.2 cm³/mol. The lowest BCUT2D eigenvalue weighted by atomic mass is 10.0. The van der Waals surface area contributed by atoms with Gasteiger partial charge in [0.15, 0.2) is 0 Å². The molecule has 0 saturated heterocycles. The van der Waals surface area contributed by atoms with Gasteiger partial charge < -0.3 is 10.1 Å². The summed E-state index contributed by atoms with van der Waals surface area (Å²) in [5.41, 5.74) is 3.65. The predicted octanol–water partition coefficient (Wildman–Crippen LogP) is 3.38. The molecule has 0 aliphatic carbocycles. The zero-order valence-electron chi connectivity index (χ0n) is 9.46. The van der Waals surface area contributed by atoms with Crippen LogP contribution in [0.3, 0.4) is 0 Å². The molecular formula is C13H17NO. The van der Waals surface area contributed by atoms with Crippen molar-refractivity contribution in [3.63, 3.8) is 0 Å². The number of aromatic hydroxyl groups is 1. The number of benzene rings is 1. The highest BCUT2D eigenvalue weighted by atomic mass is 16.3. The molecule has 2 rings (SSSR count). The summed E-state index contributed by atoms with van der Waals surface area (Å²) in [6, 6.07) is 5.48. The van der Waals surface area contributed by atoms with Crippen LogP contribution in [0, 0.1) is 12.8 Å². The Morgan fingerprint density at radius 1 is 1.33 bits per heavy atom. The first kappa shape index (κ1) is 10.1. The van der Waals surface area contributed by atoms with Gasteiger partial charge in [-0.25, -0.2) is 0 Å². The molecule has 2 N–H and O–H groups in total. The van der Waals surface area contributed by atoms with Gasteiger partial charge in [-0.2, -0.15) is 0 Å². The topological polar surface area (TPSA) is 36.0 Å². The van der Waals surface area contributed by atoms with Gasteiger partial charge in [0.2, 0.25) is 0 Å². The summed E-state index contributed by atoms with van der Waals surface area (Å²) in [5, 5.41) is 10.6. The summed E-state index contributed by atoms with van der Waals surface area (Å²) in [5.74, 6) is 0.978. The van der Waals surface area contributed by atoms with Crippen LogP contribution in [0.15, 0.2) is 18.2 Å². The van der Waals surface area contributed by atoms with Crippen LogP contribution < -0.4 is 0 Å². The normalized spacial score (nSPS) is 11.5. The van der Waals surface area contributed by atoms with Gasteiger partial charge in [0.1, 0.15) is 5.75 Å². The average molecular weight is 203 g/mol. The highest BCUT2D eigenvalue weighted by Gasteiger charge is 2.09. The number of phenols is 1. The van der Waals surface area contributed by atoms with Crippen molar-refractivity contribution < 1.29 is 5.11 Å². The van der Waals surface area contributed by atoms with E-state index in [0.29, 0.717) is 11.7 Å². The quantitative estimate of drug-likeness (QED) is 0.771. The van der Waals surface area contributed by atoms with Crippen LogP contribution in [0.5, 0.6) is 5.75 Å². The highest BCUT2D eigenvalue weighted by Crippen LogP contribution is 2.26. The number of H-pyrrole nitrogens is 1. The Labute approximate surface area is 89.9 Å². The van der Waals surface area contributed by atoms with Gasteiger partial charge in [0.25, 0.3) is 0 Å². The standard InChI is InChI=1S/C13H17NO/c1-8(2)6-13-9(3)11-7-10(15)4-5-12(11)14-13/h4-5,7-8,14-15H,6H2,1-3H3. The van der Waals surface area contributed by atoms with Crippen molar-refractivity contribution in [3.05, 3.63) is 29.5 Å². The maximum absolute atomic E-state index is 9.43. The molecule has 0 spiro atoms. The lowest BCUT2D eigenvalue weighted by molar-refractivity contribution is 0.476. The summed E-state index contributed by atoms with van der Waals surface area (Å²) < 4.78 is 0. The zero-order chi connectivity index (χ0) is 11.0. The second-order valence-electron chi connectivity index (χ2n) is 4.56. The molecule has 0 aliphatic rings. The summed E-state index contributed by atoms with van der Waals surface area (Å²) in [4.78, 5) is 3.41. The van der Waals surface area contributed by atoms with Gasteiger partial charge in [0, 0.05) is 16.6 Å². The van der Waals surface area contributed by atoms with Crippen molar-refractivity contribution in [2.45, 2.75) is 27.2 Å². The fourth-order valence-corrected chi connectivity index (χ4v) is 1.98. The van der Waals surface area contributed by atoms with Gasteiger partial charge in [-0.1, -0.05) is 13.8 Å². The third-order valence-corrected chi connectivity index (χ3v) is 2.76. The number of nitrogens with one attached hydrogen (secondary N) is 1. The molecule has 0 atom stereocenters. The fraction of sp³-hybridized carbons (Fsp3) is 0.385. The lowest BCUT2D eigenvalue weighted by Gasteiger charge is -2.02. The number of rotatable bonds is 2. The van der Waals surface area contributed by atoms with Crippen molar-refractivity contribution in [2.75, 3.05) is 0 Å². The van der Waals surface area contributed by atoms with Crippen molar-refractivity contribution >= 4 is 10.9 Å². The molecule has 80 valence electrons. The number of phenolic OH excluding ortho intramolecular Hbond substituents is 1. The van der Waals surface area contributed by atoms with E-state index in [2.05, 4.69) is 25.8 Å². The summed E-state index contributed by atoms with van der Waals surface area (Å²) in [6.45, 7) is 6.53. The van der Waals surface area contributed by atoms with E-state index in [0.717, 1.165) is 17.3 Å². The number of hydrogen-bond donors (Lipinski definition) is 2. The van der Waals surface area contributed by atoms with Crippen LogP contribution in [0.1, 0.15) is 25.1 Å². The minimum absolute atomic E-state index is 0.334. The van der Waals surface area contributed by atoms with Crippen LogP contribution in [0.4, 0.5) is 0 Å². The van der Waals surface area contributed by atoms with E-state index < -0.39 is 0 Å². The first-order valence-corrected chi connectivity index (χ1v) is 5.38. The minimum Gasteiger partial charge on any atom is -0.508 e. The largest absolute Gasteiger partial charge is 0.508 e. The Hall–Kier alpha value is -1.44. The number of aromatic amines is 1. The van der Waals surface area contributed by atoms with E-state index in [4.69, 9.17) is 0 Å². The molecule has 15 heavy (non-hydrogen) atoms. The van der Waals surface area contributed by atoms with Crippen molar-refractivity contribution in [1.29, 1.82) is 0 Å². The fourth-order valence-electron chi connectivity index (χ4n) is 1.98. The maximum atomic E-state index is 9.43. The van der Waals surface area contributed by atoms with Gasteiger partial charge in [-0.05, 0) is 43.0 Å². The van der Waals surface area contributed by atoms with Crippen LogP contribution in [-0.4, -0.2) is 10.1 Å². The SMILES string of the molecule is Cc1c(CC(C)C)[nH]c2ccc(O)cc12. The third-order valence-electron chi connectivity index (χ3n) is 2.76. The molecule has 2 aromatic rings. The molecule has 0 aliphatic heterocycles. The monoisotopic (exact) mass is 203 g/mol. The number of aryl methyl sites for hydroxylation is 1. The highest BCUT2D eigenvalue weighted by molar-refractivity contribution is 5.85. The molecule has 1 aromatic heterocycles. The molecule has 0 unspecified atom stereocenters. The Morgan fingerprint density at radius 3 is 2.73 bits per heavy atom. The van der Waals surface area contributed by atoms with Crippen LogP contribution in [0.2, 0.25) is 0 Å². The molecule has 2 nitrogen and oxygen atoms in total. The van der Waals surface area contributed by atoms with Gasteiger partial charge in [0.05, 0.1) is 0 Å². The number of fused-ring (bicyclic) bond motifs is 1. The Morgan fingerprint density at radius 2 is 2.07 bits per heavy atom. The second-order valence-corrected chi connectivity index (χ2v) is 4.56. The summed E-state index contributed by atoms with van der Waals surface area (Å²) in [7, 11) is 0.